The molecule has 0 spiro atoms. The van der Waals surface area contributed by atoms with Crippen LogP contribution in [0.2, 0.25) is 0 Å². The Balaban J connectivity index is 1.64. The van der Waals surface area contributed by atoms with Crippen LogP contribution in [-0.2, 0) is 16.6 Å². The molecule has 0 amide bonds. The normalized spacial score (nSPS) is 21.5. The zero-order chi connectivity index (χ0) is 15.4. The SMILES string of the molecule is O=S1(=O)NC(c2ccccc2)CCN1CCc1ccccc1. The molecule has 0 bridgehead atoms. The van der Waals surface area contributed by atoms with Crippen molar-refractivity contribution < 1.29 is 8.42 Å². The Morgan fingerprint density at radius 3 is 2.27 bits per heavy atom. The van der Waals surface area contributed by atoms with E-state index in [0.717, 1.165) is 24.0 Å². The number of nitrogens with zero attached hydrogens (tertiary/aromatic N) is 1. The Labute approximate surface area is 132 Å². The van der Waals surface area contributed by atoms with E-state index in [1.807, 2.05) is 60.7 Å². The zero-order valence-electron chi connectivity index (χ0n) is 12.4. The number of hydrogen-bond donors (Lipinski definition) is 1. The fourth-order valence-corrected chi connectivity index (χ4v) is 4.20. The zero-order valence-corrected chi connectivity index (χ0v) is 13.2. The van der Waals surface area contributed by atoms with Gasteiger partial charge < -0.3 is 0 Å². The van der Waals surface area contributed by atoms with Gasteiger partial charge in [-0.05, 0) is 24.0 Å². The summed E-state index contributed by atoms with van der Waals surface area (Å²) in [6, 6.07) is 19.6. The van der Waals surface area contributed by atoms with Gasteiger partial charge in [-0.1, -0.05) is 60.7 Å². The lowest BCUT2D eigenvalue weighted by Crippen LogP contribution is -2.48. The van der Waals surface area contributed by atoms with Crippen LogP contribution in [0.1, 0.15) is 23.6 Å². The first-order valence-corrected chi connectivity index (χ1v) is 8.95. The maximum Gasteiger partial charge on any atom is 0.280 e. The van der Waals surface area contributed by atoms with Gasteiger partial charge >= 0.3 is 0 Å². The van der Waals surface area contributed by atoms with Crippen LogP contribution in [-0.4, -0.2) is 25.8 Å². The van der Waals surface area contributed by atoms with Crippen molar-refractivity contribution in [3.05, 3.63) is 71.8 Å². The van der Waals surface area contributed by atoms with Gasteiger partial charge in [0, 0.05) is 19.1 Å². The molecule has 116 valence electrons. The van der Waals surface area contributed by atoms with Crippen molar-refractivity contribution in [3.63, 3.8) is 0 Å². The van der Waals surface area contributed by atoms with Gasteiger partial charge in [0.25, 0.3) is 10.2 Å². The van der Waals surface area contributed by atoms with Crippen molar-refractivity contribution in [3.8, 4) is 0 Å². The molecule has 1 aliphatic rings. The van der Waals surface area contributed by atoms with E-state index >= 15 is 0 Å². The molecule has 1 N–H and O–H groups in total. The molecule has 0 aliphatic carbocycles. The van der Waals surface area contributed by atoms with E-state index in [1.54, 1.807) is 4.31 Å². The highest BCUT2D eigenvalue weighted by Gasteiger charge is 2.31. The standard InChI is InChI=1S/C17H20N2O2S/c20-22(21)18-17(16-9-5-2-6-10-16)12-14-19(22)13-11-15-7-3-1-4-8-15/h1-10,17-18H,11-14H2. The summed E-state index contributed by atoms with van der Waals surface area (Å²) in [6.07, 6.45) is 1.52. The van der Waals surface area contributed by atoms with Crippen LogP contribution in [0.15, 0.2) is 60.7 Å². The Morgan fingerprint density at radius 1 is 1.00 bits per heavy atom. The average molecular weight is 316 g/mol. The molecule has 2 aromatic carbocycles. The molecule has 0 saturated carbocycles. The van der Waals surface area contributed by atoms with Gasteiger partial charge in [0.2, 0.25) is 0 Å². The summed E-state index contributed by atoms with van der Waals surface area (Å²) in [5.74, 6) is 0. The van der Waals surface area contributed by atoms with Crippen molar-refractivity contribution in [1.82, 2.24) is 9.03 Å². The van der Waals surface area contributed by atoms with Crippen molar-refractivity contribution >= 4 is 10.2 Å². The van der Waals surface area contributed by atoms with Gasteiger partial charge in [-0.15, -0.1) is 0 Å². The fraction of sp³-hybridized carbons (Fsp3) is 0.294. The first-order chi connectivity index (χ1) is 10.6. The first-order valence-electron chi connectivity index (χ1n) is 7.51. The molecule has 5 heteroatoms. The quantitative estimate of drug-likeness (QED) is 0.942. The Bertz CT molecular complexity index is 702. The summed E-state index contributed by atoms with van der Waals surface area (Å²) >= 11 is 0. The molecule has 0 aromatic heterocycles. The van der Waals surface area contributed by atoms with E-state index < -0.39 is 10.2 Å². The third-order valence-corrected chi connectivity index (χ3v) is 5.62. The predicted molar refractivity (Wildman–Crippen MR) is 87.6 cm³/mol. The highest BCUT2D eigenvalue weighted by molar-refractivity contribution is 7.87. The second-order valence-electron chi connectivity index (χ2n) is 5.51. The number of rotatable bonds is 4. The fourth-order valence-electron chi connectivity index (χ4n) is 2.76. The lowest BCUT2D eigenvalue weighted by molar-refractivity contribution is 0.344. The van der Waals surface area contributed by atoms with Crippen LogP contribution in [0.3, 0.4) is 0 Å². The monoisotopic (exact) mass is 316 g/mol. The molecule has 4 nitrogen and oxygen atoms in total. The Morgan fingerprint density at radius 2 is 1.64 bits per heavy atom. The van der Waals surface area contributed by atoms with Crippen molar-refractivity contribution in [2.24, 2.45) is 0 Å². The van der Waals surface area contributed by atoms with E-state index in [9.17, 15) is 8.42 Å². The number of benzene rings is 2. The van der Waals surface area contributed by atoms with E-state index in [1.165, 1.54) is 0 Å². The summed E-state index contributed by atoms with van der Waals surface area (Å²) in [4.78, 5) is 0. The van der Waals surface area contributed by atoms with Gasteiger partial charge in [0.15, 0.2) is 0 Å². The molecule has 1 atom stereocenters. The van der Waals surface area contributed by atoms with Crippen LogP contribution in [0.5, 0.6) is 0 Å². The highest BCUT2D eigenvalue weighted by Crippen LogP contribution is 2.23. The molecule has 22 heavy (non-hydrogen) atoms. The third-order valence-electron chi connectivity index (χ3n) is 3.99. The summed E-state index contributed by atoms with van der Waals surface area (Å²) in [6.45, 7) is 1.07. The second kappa shape index (κ2) is 6.60. The third kappa shape index (κ3) is 3.55. The van der Waals surface area contributed by atoms with E-state index in [-0.39, 0.29) is 6.04 Å². The Kier molecular flexibility index (Phi) is 4.57. The summed E-state index contributed by atoms with van der Waals surface area (Å²) in [7, 11) is -3.41. The minimum Gasteiger partial charge on any atom is -0.195 e. The molecule has 2 aromatic rings. The van der Waals surface area contributed by atoms with Gasteiger partial charge in [-0.25, -0.2) is 0 Å². The molecule has 3 rings (SSSR count). The van der Waals surface area contributed by atoms with Crippen LogP contribution in [0.4, 0.5) is 0 Å². The number of hydrogen-bond acceptors (Lipinski definition) is 2. The molecular weight excluding hydrogens is 296 g/mol. The molecule has 1 heterocycles. The number of nitrogens with one attached hydrogen (secondary N) is 1. The molecule has 1 unspecified atom stereocenters. The van der Waals surface area contributed by atoms with Crippen molar-refractivity contribution in [2.45, 2.75) is 18.9 Å². The van der Waals surface area contributed by atoms with Crippen molar-refractivity contribution in [2.75, 3.05) is 13.1 Å². The lowest BCUT2D eigenvalue weighted by atomic mass is 10.0. The summed E-state index contributed by atoms with van der Waals surface area (Å²) < 4.78 is 29.1. The lowest BCUT2D eigenvalue weighted by Gasteiger charge is -2.32. The van der Waals surface area contributed by atoms with E-state index in [0.29, 0.717) is 13.1 Å². The van der Waals surface area contributed by atoms with E-state index in [4.69, 9.17) is 0 Å². The van der Waals surface area contributed by atoms with Crippen LogP contribution in [0.25, 0.3) is 0 Å². The molecule has 0 radical (unpaired) electrons. The summed E-state index contributed by atoms with van der Waals surface area (Å²) in [5.41, 5.74) is 2.18. The van der Waals surface area contributed by atoms with Gasteiger partial charge in [-0.3, -0.25) is 0 Å². The molecular formula is C17H20N2O2S. The average Bonchev–Trinajstić information content (AvgIpc) is 2.55. The van der Waals surface area contributed by atoms with Crippen LogP contribution >= 0.6 is 0 Å². The maximum atomic E-state index is 12.4. The van der Waals surface area contributed by atoms with E-state index in [2.05, 4.69) is 4.72 Å². The van der Waals surface area contributed by atoms with Crippen LogP contribution in [0, 0.1) is 0 Å². The van der Waals surface area contributed by atoms with Crippen molar-refractivity contribution in [1.29, 1.82) is 0 Å². The maximum absolute atomic E-state index is 12.4. The Hall–Kier alpha value is -1.69. The smallest absolute Gasteiger partial charge is 0.195 e. The largest absolute Gasteiger partial charge is 0.280 e. The van der Waals surface area contributed by atoms with Gasteiger partial charge in [-0.2, -0.15) is 17.4 Å². The second-order valence-corrected chi connectivity index (χ2v) is 7.21. The predicted octanol–water partition coefficient (Wildman–Crippen LogP) is 2.51. The van der Waals surface area contributed by atoms with Gasteiger partial charge in [0.1, 0.15) is 0 Å². The van der Waals surface area contributed by atoms with Crippen LogP contribution < -0.4 is 4.72 Å². The minimum absolute atomic E-state index is 0.126. The first kappa shape index (κ1) is 15.2. The molecule has 1 aliphatic heterocycles. The highest BCUT2D eigenvalue weighted by atomic mass is 32.2. The minimum atomic E-state index is -3.41. The summed E-state index contributed by atoms with van der Waals surface area (Å²) in [5, 5.41) is 0. The molecule has 1 saturated heterocycles. The van der Waals surface area contributed by atoms with Gasteiger partial charge in [0.05, 0.1) is 0 Å². The topological polar surface area (TPSA) is 49.4 Å². The molecule has 1 fully saturated rings.